The van der Waals surface area contributed by atoms with Crippen LogP contribution in [-0.4, -0.2) is 30.3 Å². The van der Waals surface area contributed by atoms with E-state index in [0.29, 0.717) is 17.7 Å². The Balaban J connectivity index is 2.21. The first-order valence-electron chi connectivity index (χ1n) is 6.38. The SMILES string of the molecule is CCCC(C)N(C)CCC1CCCC1=O. The van der Waals surface area contributed by atoms with E-state index < -0.39 is 0 Å². The van der Waals surface area contributed by atoms with Gasteiger partial charge in [0.25, 0.3) is 0 Å². The summed E-state index contributed by atoms with van der Waals surface area (Å²) in [6, 6.07) is 0.659. The van der Waals surface area contributed by atoms with Gasteiger partial charge in [0.05, 0.1) is 0 Å². The normalized spacial score (nSPS) is 23.7. The third kappa shape index (κ3) is 3.94. The molecule has 0 radical (unpaired) electrons. The first-order chi connectivity index (χ1) is 7.15. The molecule has 2 atom stereocenters. The van der Waals surface area contributed by atoms with Crippen molar-refractivity contribution >= 4 is 5.78 Å². The van der Waals surface area contributed by atoms with Gasteiger partial charge in [-0.05, 0) is 46.2 Å². The van der Waals surface area contributed by atoms with Gasteiger partial charge < -0.3 is 4.90 Å². The lowest BCUT2D eigenvalue weighted by Gasteiger charge is -2.25. The van der Waals surface area contributed by atoms with Gasteiger partial charge in [-0.2, -0.15) is 0 Å². The van der Waals surface area contributed by atoms with E-state index in [0.717, 1.165) is 32.2 Å². The number of nitrogens with zero attached hydrogens (tertiary/aromatic N) is 1. The Morgan fingerprint density at radius 3 is 2.80 bits per heavy atom. The molecule has 1 fully saturated rings. The summed E-state index contributed by atoms with van der Waals surface area (Å²) in [4.78, 5) is 13.9. The summed E-state index contributed by atoms with van der Waals surface area (Å²) in [6.45, 7) is 5.59. The summed E-state index contributed by atoms with van der Waals surface area (Å²) in [6.07, 6.45) is 6.66. The van der Waals surface area contributed by atoms with Crippen LogP contribution < -0.4 is 0 Å². The lowest BCUT2D eigenvalue weighted by atomic mass is 10.0. The van der Waals surface area contributed by atoms with Gasteiger partial charge in [-0.3, -0.25) is 4.79 Å². The van der Waals surface area contributed by atoms with E-state index >= 15 is 0 Å². The maximum Gasteiger partial charge on any atom is 0.136 e. The minimum Gasteiger partial charge on any atom is -0.304 e. The molecule has 15 heavy (non-hydrogen) atoms. The average Bonchev–Trinajstić information content (AvgIpc) is 2.61. The van der Waals surface area contributed by atoms with Crippen LogP contribution in [0.2, 0.25) is 0 Å². The number of ketones is 1. The maximum absolute atomic E-state index is 11.5. The van der Waals surface area contributed by atoms with Crippen molar-refractivity contribution in [2.24, 2.45) is 5.92 Å². The fraction of sp³-hybridized carbons (Fsp3) is 0.923. The lowest BCUT2D eigenvalue weighted by Crippen LogP contribution is -2.31. The molecule has 2 heteroatoms. The molecule has 88 valence electrons. The third-order valence-electron chi connectivity index (χ3n) is 3.72. The minimum absolute atomic E-state index is 0.376. The Labute approximate surface area is 94.0 Å². The monoisotopic (exact) mass is 211 g/mol. The Kier molecular flexibility index (Phi) is 5.30. The Hall–Kier alpha value is -0.370. The van der Waals surface area contributed by atoms with Crippen molar-refractivity contribution < 1.29 is 4.79 Å². The van der Waals surface area contributed by atoms with Crippen LogP contribution >= 0.6 is 0 Å². The van der Waals surface area contributed by atoms with Crippen LogP contribution in [0, 0.1) is 5.92 Å². The largest absolute Gasteiger partial charge is 0.304 e. The fourth-order valence-corrected chi connectivity index (χ4v) is 2.41. The summed E-state index contributed by atoms with van der Waals surface area (Å²) >= 11 is 0. The second kappa shape index (κ2) is 6.26. The molecule has 0 aromatic rings. The zero-order chi connectivity index (χ0) is 11.3. The molecule has 0 heterocycles. The van der Waals surface area contributed by atoms with Crippen molar-refractivity contribution in [3.8, 4) is 0 Å². The molecule has 2 unspecified atom stereocenters. The Morgan fingerprint density at radius 2 is 2.27 bits per heavy atom. The van der Waals surface area contributed by atoms with Crippen LogP contribution in [0.15, 0.2) is 0 Å². The van der Waals surface area contributed by atoms with Gasteiger partial charge in [0.15, 0.2) is 0 Å². The van der Waals surface area contributed by atoms with Crippen LogP contribution in [0.25, 0.3) is 0 Å². The molecule has 0 saturated heterocycles. The summed E-state index contributed by atoms with van der Waals surface area (Å²) in [7, 11) is 2.18. The number of Topliss-reactive ketones (excluding diaryl/α,β-unsaturated/α-hetero) is 1. The molecule has 0 amide bonds. The second-order valence-corrected chi connectivity index (χ2v) is 4.96. The molecule has 1 saturated carbocycles. The number of carbonyl (C=O) groups excluding carboxylic acids is 1. The van der Waals surface area contributed by atoms with Gasteiger partial charge in [0.1, 0.15) is 5.78 Å². The van der Waals surface area contributed by atoms with E-state index in [1.165, 1.54) is 12.8 Å². The first-order valence-corrected chi connectivity index (χ1v) is 6.38. The van der Waals surface area contributed by atoms with E-state index in [1.54, 1.807) is 0 Å². The highest BCUT2D eigenvalue weighted by molar-refractivity contribution is 5.82. The van der Waals surface area contributed by atoms with Crippen molar-refractivity contribution in [1.82, 2.24) is 4.90 Å². The molecule has 1 rings (SSSR count). The number of rotatable bonds is 6. The van der Waals surface area contributed by atoms with Crippen LogP contribution in [0.4, 0.5) is 0 Å². The summed E-state index contributed by atoms with van der Waals surface area (Å²) in [5.74, 6) is 0.882. The van der Waals surface area contributed by atoms with Crippen molar-refractivity contribution in [2.45, 2.75) is 58.4 Å². The van der Waals surface area contributed by atoms with Gasteiger partial charge in [0.2, 0.25) is 0 Å². The summed E-state index contributed by atoms with van der Waals surface area (Å²) < 4.78 is 0. The molecule has 0 aromatic heterocycles. The highest BCUT2D eigenvalue weighted by atomic mass is 16.1. The molecule has 0 aliphatic heterocycles. The summed E-state index contributed by atoms with van der Waals surface area (Å²) in [5.41, 5.74) is 0. The number of hydrogen-bond donors (Lipinski definition) is 0. The highest BCUT2D eigenvalue weighted by Gasteiger charge is 2.24. The van der Waals surface area contributed by atoms with Crippen LogP contribution in [0.3, 0.4) is 0 Å². The van der Waals surface area contributed by atoms with Gasteiger partial charge in [-0.15, -0.1) is 0 Å². The molecule has 0 N–H and O–H groups in total. The van der Waals surface area contributed by atoms with Crippen LogP contribution in [0.5, 0.6) is 0 Å². The van der Waals surface area contributed by atoms with Gasteiger partial charge in [0, 0.05) is 18.4 Å². The van der Waals surface area contributed by atoms with Crippen molar-refractivity contribution in [3.63, 3.8) is 0 Å². The third-order valence-corrected chi connectivity index (χ3v) is 3.72. The average molecular weight is 211 g/mol. The number of hydrogen-bond acceptors (Lipinski definition) is 2. The molecule has 0 bridgehead atoms. The number of carbonyl (C=O) groups is 1. The van der Waals surface area contributed by atoms with Gasteiger partial charge in [-0.25, -0.2) is 0 Å². The van der Waals surface area contributed by atoms with Crippen LogP contribution in [0.1, 0.15) is 52.4 Å². The van der Waals surface area contributed by atoms with Crippen molar-refractivity contribution in [3.05, 3.63) is 0 Å². The predicted molar refractivity (Wildman–Crippen MR) is 64.0 cm³/mol. The van der Waals surface area contributed by atoms with E-state index in [4.69, 9.17) is 0 Å². The van der Waals surface area contributed by atoms with Crippen LogP contribution in [-0.2, 0) is 4.79 Å². The quantitative estimate of drug-likeness (QED) is 0.673. The zero-order valence-corrected chi connectivity index (χ0v) is 10.5. The molecular weight excluding hydrogens is 186 g/mol. The zero-order valence-electron chi connectivity index (χ0n) is 10.5. The Bertz CT molecular complexity index is 203. The fourth-order valence-electron chi connectivity index (χ4n) is 2.41. The van der Waals surface area contributed by atoms with Gasteiger partial charge >= 0.3 is 0 Å². The lowest BCUT2D eigenvalue weighted by molar-refractivity contribution is -0.120. The molecular formula is C13H25NO. The standard InChI is InChI=1S/C13H25NO/c1-4-6-11(2)14(3)10-9-12-7-5-8-13(12)15/h11-12H,4-10H2,1-3H3. The van der Waals surface area contributed by atoms with E-state index in [1.807, 2.05) is 0 Å². The molecule has 1 aliphatic carbocycles. The maximum atomic E-state index is 11.5. The smallest absolute Gasteiger partial charge is 0.136 e. The molecule has 0 aromatic carbocycles. The molecule has 2 nitrogen and oxygen atoms in total. The van der Waals surface area contributed by atoms with Crippen molar-refractivity contribution in [2.75, 3.05) is 13.6 Å². The first kappa shape index (κ1) is 12.7. The molecule has 1 aliphatic rings. The topological polar surface area (TPSA) is 20.3 Å². The van der Waals surface area contributed by atoms with E-state index in [-0.39, 0.29) is 0 Å². The Morgan fingerprint density at radius 1 is 1.53 bits per heavy atom. The van der Waals surface area contributed by atoms with E-state index in [9.17, 15) is 4.79 Å². The predicted octanol–water partition coefficient (Wildman–Crippen LogP) is 2.87. The van der Waals surface area contributed by atoms with Crippen molar-refractivity contribution in [1.29, 1.82) is 0 Å². The van der Waals surface area contributed by atoms with Gasteiger partial charge in [-0.1, -0.05) is 13.3 Å². The highest BCUT2D eigenvalue weighted by Crippen LogP contribution is 2.24. The second-order valence-electron chi connectivity index (χ2n) is 4.96. The minimum atomic E-state index is 0.376. The summed E-state index contributed by atoms with van der Waals surface area (Å²) in [5, 5.41) is 0. The van der Waals surface area contributed by atoms with E-state index in [2.05, 4.69) is 25.8 Å². The molecule has 0 spiro atoms.